The van der Waals surface area contributed by atoms with E-state index in [1.165, 1.54) is 6.07 Å². The first kappa shape index (κ1) is 15.1. The number of aromatic nitrogens is 2. The summed E-state index contributed by atoms with van der Waals surface area (Å²) in [5, 5.41) is 11.2. The zero-order chi connectivity index (χ0) is 14.8. The molecule has 2 rings (SSSR count). The van der Waals surface area contributed by atoms with Crippen LogP contribution in [0, 0.1) is 5.82 Å². The predicted molar refractivity (Wildman–Crippen MR) is 78.9 cm³/mol. The fourth-order valence-electron chi connectivity index (χ4n) is 1.67. The van der Waals surface area contributed by atoms with Crippen LogP contribution in [0.4, 0.5) is 4.39 Å². The van der Waals surface area contributed by atoms with E-state index in [9.17, 15) is 4.39 Å². The van der Waals surface area contributed by atoms with E-state index in [-0.39, 0.29) is 17.2 Å². The van der Waals surface area contributed by atoms with Crippen LogP contribution in [-0.4, -0.2) is 22.3 Å². The van der Waals surface area contributed by atoms with Crippen molar-refractivity contribution >= 4 is 15.9 Å². The van der Waals surface area contributed by atoms with Crippen molar-refractivity contribution in [2.45, 2.75) is 32.7 Å². The summed E-state index contributed by atoms with van der Waals surface area (Å²) < 4.78 is 20.0. The number of nitrogens with one attached hydrogen (secondary N) is 1. The third kappa shape index (κ3) is 4.11. The highest BCUT2D eigenvalue weighted by molar-refractivity contribution is 9.10. The van der Waals surface area contributed by atoms with Crippen molar-refractivity contribution in [1.82, 2.24) is 15.5 Å². The monoisotopic (exact) mass is 341 g/mol. The summed E-state index contributed by atoms with van der Waals surface area (Å²) in [6.45, 7) is 6.99. The van der Waals surface area contributed by atoms with Gasteiger partial charge in [0.15, 0.2) is 0 Å². The maximum atomic E-state index is 13.7. The van der Waals surface area contributed by atoms with Gasteiger partial charge in [0.2, 0.25) is 5.89 Å². The fraction of sp³-hybridized carbons (Fsp3) is 0.429. The van der Waals surface area contributed by atoms with Gasteiger partial charge in [-0.05, 0) is 39.0 Å². The van der Waals surface area contributed by atoms with Crippen LogP contribution < -0.4 is 5.32 Å². The minimum atomic E-state index is -0.379. The summed E-state index contributed by atoms with van der Waals surface area (Å²) in [7, 11) is 0. The second-order valence-corrected chi connectivity index (χ2v) is 6.47. The maximum absolute atomic E-state index is 13.7. The Balaban J connectivity index is 2.07. The molecule has 108 valence electrons. The normalized spacial score (nSPS) is 11.8. The molecule has 6 heteroatoms. The smallest absolute Gasteiger partial charge is 0.250 e. The Morgan fingerprint density at radius 3 is 2.75 bits per heavy atom. The Morgan fingerprint density at radius 1 is 1.30 bits per heavy atom. The molecule has 0 atom stereocenters. The quantitative estimate of drug-likeness (QED) is 0.923. The van der Waals surface area contributed by atoms with Gasteiger partial charge >= 0.3 is 0 Å². The van der Waals surface area contributed by atoms with Crippen molar-refractivity contribution in [3.8, 4) is 11.5 Å². The largest absolute Gasteiger partial charge is 0.421 e. The minimum Gasteiger partial charge on any atom is -0.421 e. The molecule has 0 aliphatic rings. The van der Waals surface area contributed by atoms with E-state index in [1.54, 1.807) is 12.1 Å². The number of halogens is 2. The average Bonchev–Trinajstić information content (AvgIpc) is 2.79. The van der Waals surface area contributed by atoms with E-state index in [0.717, 1.165) is 11.0 Å². The van der Waals surface area contributed by atoms with Crippen LogP contribution in [0.5, 0.6) is 0 Å². The summed E-state index contributed by atoms with van der Waals surface area (Å²) in [6, 6.07) is 4.62. The molecule has 1 aromatic heterocycles. The van der Waals surface area contributed by atoms with E-state index in [0.29, 0.717) is 17.9 Å². The summed E-state index contributed by atoms with van der Waals surface area (Å²) in [5.41, 5.74) is 0.348. The third-order valence-electron chi connectivity index (χ3n) is 2.62. The molecule has 0 unspecified atom stereocenters. The Labute approximate surface area is 125 Å². The molecular formula is C14H17BrFN3O. The molecule has 0 aliphatic carbocycles. The molecule has 0 radical (unpaired) electrons. The lowest BCUT2D eigenvalue weighted by molar-refractivity contribution is 0.411. The lowest BCUT2D eigenvalue weighted by atomic mass is 10.1. The molecule has 0 spiro atoms. The highest BCUT2D eigenvalue weighted by Gasteiger charge is 2.14. The second-order valence-electron chi connectivity index (χ2n) is 5.55. The van der Waals surface area contributed by atoms with Crippen molar-refractivity contribution in [3.05, 3.63) is 34.4 Å². The lowest BCUT2D eigenvalue weighted by Gasteiger charge is -2.19. The molecular weight excluding hydrogens is 325 g/mol. The molecule has 0 saturated carbocycles. The molecule has 0 fully saturated rings. The summed E-state index contributed by atoms with van der Waals surface area (Å²) in [6.07, 6.45) is 0.611. The zero-order valence-electron chi connectivity index (χ0n) is 11.7. The molecule has 0 amide bonds. The number of benzene rings is 1. The highest BCUT2D eigenvalue weighted by Crippen LogP contribution is 2.25. The van der Waals surface area contributed by atoms with E-state index < -0.39 is 0 Å². The van der Waals surface area contributed by atoms with Crippen molar-refractivity contribution in [3.63, 3.8) is 0 Å². The van der Waals surface area contributed by atoms with E-state index in [1.807, 2.05) is 0 Å². The number of nitrogens with zero attached hydrogens (tertiary/aromatic N) is 2. The molecule has 0 aliphatic heterocycles. The van der Waals surface area contributed by atoms with E-state index >= 15 is 0 Å². The first-order chi connectivity index (χ1) is 9.35. The molecule has 1 aromatic carbocycles. The SMILES string of the molecule is CC(C)(C)NCCc1nnc(-c2cc(Br)ccc2F)o1. The van der Waals surface area contributed by atoms with Crippen LogP contribution in [0.2, 0.25) is 0 Å². The second kappa shape index (κ2) is 6.01. The van der Waals surface area contributed by atoms with Gasteiger partial charge in [0.1, 0.15) is 5.82 Å². The maximum Gasteiger partial charge on any atom is 0.250 e. The zero-order valence-corrected chi connectivity index (χ0v) is 13.3. The van der Waals surface area contributed by atoms with Crippen LogP contribution >= 0.6 is 15.9 Å². The van der Waals surface area contributed by atoms with Crippen molar-refractivity contribution in [2.75, 3.05) is 6.54 Å². The number of hydrogen-bond acceptors (Lipinski definition) is 4. The lowest BCUT2D eigenvalue weighted by Crippen LogP contribution is -2.37. The molecule has 20 heavy (non-hydrogen) atoms. The van der Waals surface area contributed by atoms with Crippen LogP contribution in [0.1, 0.15) is 26.7 Å². The van der Waals surface area contributed by atoms with Gasteiger partial charge in [-0.2, -0.15) is 0 Å². The van der Waals surface area contributed by atoms with Crippen LogP contribution in [0.3, 0.4) is 0 Å². The first-order valence-electron chi connectivity index (χ1n) is 6.38. The Morgan fingerprint density at radius 2 is 2.05 bits per heavy atom. The molecule has 2 aromatic rings. The minimum absolute atomic E-state index is 0.0409. The van der Waals surface area contributed by atoms with Gasteiger partial charge in [-0.1, -0.05) is 15.9 Å². The third-order valence-corrected chi connectivity index (χ3v) is 3.11. The van der Waals surface area contributed by atoms with E-state index in [4.69, 9.17) is 4.42 Å². The van der Waals surface area contributed by atoms with Crippen LogP contribution in [-0.2, 0) is 6.42 Å². The number of rotatable bonds is 4. The summed E-state index contributed by atoms with van der Waals surface area (Å²) in [5.74, 6) is 0.321. The Kier molecular flexibility index (Phi) is 4.55. The van der Waals surface area contributed by atoms with Crippen molar-refractivity contribution in [2.24, 2.45) is 0 Å². The van der Waals surface area contributed by atoms with Crippen molar-refractivity contribution in [1.29, 1.82) is 0 Å². The Hall–Kier alpha value is -1.27. The standard InChI is InChI=1S/C14H17BrFN3O/c1-14(2,3)17-7-6-12-18-19-13(20-12)10-8-9(15)4-5-11(10)16/h4-5,8,17H,6-7H2,1-3H3. The predicted octanol–water partition coefficient (Wildman–Crippen LogP) is 3.57. The molecule has 1 heterocycles. The average molecular weight is 342 g/mol. The first-order valence-corrected chi connectivity index (χ1v) is 7.17. The van der Waals surface area contributed by atoms with Gasteiger partial charge in [-0.25, -0.2) is 4.39 Å². The van der Waals surface area contributed by atoms with Gasteiger partial charge in [0.05, 0.1) is 5.56 Å². The van der Waals surface area contributed by atoms with Gasteiger partial charge in [-0.3, -0.25) is 0 Å². The highest BCUT2D eigenvalue weighted by atomic mass is 79.9. The van der Waals surface area contributed by atoms with Crippen molar-refractivity contribution < 1.29 is 8.81 Å². The van der Waals surface area contributed by atoms with Gasteiger partial charge in [0.25, 0.3) is 5.89 Å². The van der Waals surface area contributed by atoms with Crippen LogP contribution in [0.25, 0.3) is 11.5 Å². The van der Waals surface area contributed by atoms with Crippen LogP contribution in [0.15, 0.2) is 27.1 Å². The molecule has 0 saturated heterocycles. The molecule has 1 N–H and O–H groups in total. The number of hydrogen-bond donors (Lipinski definition) is 1. The van der Waals surface area contributed by atoms with Gasteiger partial charge in [0, 0.05) is 23.0 Å². The summed E-state index contributed by atoms with van der Waals surface area (Å²) >= 11 is 3.30. The fourth-order valence-corrected chi connectivity index (χ4v) is 2.03. The van der Waals surface area contributed by atoms with E-state index in [2.05, 4.69) is 52.2 Å². The van der Waals surface area contributed by atoms with Gasteiger partial charge in [-0.15, -0.1) is 10.2 Å². The Bertz CT molecular complexity index is 592. The topological polar surface area (TPSA) is 51.0 Å². The summed E-state index contributed by atoms with van der Waals surface area (Å²) in [4.78, 5) is 0. The molecule has 4 nitrogen and oxygen atoms in total. The van der Waals surface area contributed by atoms with Gasteiger partial charge < -0.3 is 9.73 Å². The molecule has 0 bridgehead atoms.